The molecule has 4 N–H and O–H groups in total. The number of aliphatic hydroxyl groups is 1. The number of aliphatic imine (C=N–C) groups is 1. The van der Waals surface area contributed by atoms with Gasteiger partial charge in [-0.3, -0.25) is 9.62 Å². The highest BCUT2D eigenvalue weighted by Gasteiger charge is 2.41. The van der Waals surface area contributed by atoms with E-state index in [0.717, 1.165) is 43.3 Å². The number of ether oxygens (including phenoxy) is 1. The fourth-order valence-electron chi connectivity index (χ4n) is 5.14. The van der Waals surface area contributed by atoms with Crippen LogP contribution in [0.3, 0.4) is 0 Å². The zero-order valence-electron chi connectivity index (χ0n) is 20.2. The molecule has 2 heterocycles. The smallest absolute Gasteiger partial charge is 0.263 e. The lowest BCUT2D eigenvalue weighted by molar-refractivity contribution is -0.0441. The summed E-state index contributed by atoms with van der Waals surface area (Å²) >= 11 is 4.88. The van der Waals surface area contributed by atoms with Crippen molar-refractivity contribution in [3.8, 4) is 5.75 Å². The number of nitrogens with two attached hydrogens (primary N) is 1. The van der Waals surface area contributed by atoms with Crippen molar-refractivity contribution in [3.63, 3.8) is 0 Å². The quantitative estimate of drug-likeness (QED) is 0.306. The molecule has 194 valence electrons. The SMILES string of the molecule is CC(C)(O)[C@@H]1CCN([C@H]2CCOc3cc(S(=O)(=O)NC(=S)/N=C\N)ccc32)[C@H](c2ccc(F)cc2)C1. The van der Waals surface area contributed by atoms with Gasteiger partial charge in [0.1, 0.15) is 11.6 Å². The lowest BCUT2D eigenvalue weighted by atomic mass is 9.77. The number of rotatable bonds is 5. The summed E-state index contributed by atoms with van der Waals surface area (Å²) in [5, 5.41) is 10.5. The minimum absolute atomic E-state index is 0.00675. The number of thiocarbonyl (C=S) groups is 1. The van der Waals surface area contributed by atoms with Gasteiger partial charge in [0.05, 0.1) is 23.4 Å². The minimum Gasteiger partial charge on any atom is -0.493 e. The van der Waals surface area contributed by atoms with Gasteiger partial charge < -0.3 is 15.6 Å². The first kappa shape index (κ1) is 26.5. The molecular weight excluding hydrogens is 503 g/mol. The normalized spacial score (nSPS) is 23.2. The Kier molecular flexibility index (Phi) is 7.65. The third-order valence-electron chi connectivity index (χ3n) is 7.01. The van der Waals surface area contributed by atoms with Crippen LogP contribution in [0.2, 0.25) is 0 Å². The van der Waals surface area contributed by atoms with Crippen molar-refractivity contribution >= 4 is 33.7 Å². The first-order valence-corrected chi connectivity index (χ1v) is 13.7. The van der Waals surface area contributed by atoms with Crippen LogP contribution in [0, 0.1) is 11.7 Å². The largest absolute Gasteiger partial charge is 0.493 e. The number of hydrogen-bond donors (Lipinski definition) is 3. The second kappa shape index (κ2) is 10.4. The van der Waals surface area contributed by atoms with E-state index in [-0.39, 0.29) is 33.8 Å². The van der Waals surface area contributed by atoms with Crippen molar-refractivity contribution in [2.75, 3.05) is 13.2 Å². The summed E-state index contributed by atoms with van der Waals surface area (Å²) in [4.78, 5) is 5.95. The first-order valence-electron chi connectivity index (χ1n) is 11.8. The monoisotopic (exact) mass is 534 g/mol. The minimum atomic E-state index is -3.96. The molecule has 0 unspecified atom stereocenters. The lowest BCUT2D eigenvalue weighted by Gasteiger charge is -2.48. The number of halogens is 1. The molecule has 0 saturated carbocycles. The van der Waals surface area contributed by atoms with Crippen molar-refractivity contribution in [2.24, 2.45) is 16.6 Å². The molecule has 36 heavy (non-hydrogen) atoms. The standard InChI is InChI=1S/C25H31FN4O4S2/c1-25(2,31)17-9-11-30(22(13-17)16-3-5-18(26)6-4-16)21-10-12-34-23-14-19(7-8-20(21)23)36(32,33)29-24(35)28-15-27/h3-8,14-15,17,21-22,31H,9-13H2,1-2H3,(H3,27,28,29,35)/t17-,21+,22+/m1/s1. The van der Waals surface area contributed by atoms with Gasteiger partial charge in [0, 0.05) is 30.1 Å². The fraction of sp³-hybridized carbons (Fsp3) is 0.440. The van der Waals surface area contributed by atoms with E-state index in [4.69, 9.17) is 22.7 Å². The molecule has 11 heteroatoms. The number of piperidine rings is 1. The molecule has 1 saturated heterocycles. The molecule has 0 aromatic heterocycles. The van der Waals surface area contributed by atoms with E-state index in [1.807, 2.05) is 13.8 Å². The van der Waals surface area contributed by atoms with E-state index in [1.165, 1.54) is 24.3 Å². The van der Waals surface area contributed by atoms with E-state index >= 15 is 0 Å². The maximum Gasteiger partial charge on any atom is 0.263 e. The van der Waals surface area contributed by atoms with E-state index in [0.29, 0.717) is 12.4 Å². The number of hydrogen-bond acceptors (Lipinski definition) is 6. The molecule has 3 atom stereocenters. The number of likely N-dealkylation sites (tertiary alicyclic amines) is 1. The second-order valence-electron chi connectivity index (χ2n) is 9.72. The Hall–Kier alpha value is -2.60. The van der Waals surface area contributed by atoms with Crippen LogP contribution in [-0.4, -0.2) is 48.6 Å². The number of nitrogens with one attached hydrogen (secondary N) is 1. The van der Waals surface area contributed by atoms with E-state index in [9.17, 15) is 17.9 Å². The van der Waals surface area contributed by atoms with Gasteiger partial charge in [-0.15, -0.1) is 0 Å². The molecule has 0 spiro atoms. The van der Waals surface area contributed by atoms with Crippen molar-refractivity contribution in [3.05, 3.63) is 59.4 Å². The Morgan fingerprint density at radius 1 is 1.25 bits per heavy atom. The Morgan fingerprint density at radius 3 is 2.64 bits per heavy atom. The molecule has 2 aromatic rings. The second-order valence-corrected chi connectivity index (χ2v) is 11.8. The molecule has 0 aliphatic carbocycles. The maximum absolute atomic E-state index is 13.7. The highest BCUT2D eigenvalue weighted by molar-refractivity contribution is 7.91. The van der Waals surface area contributed by atoms with Gasteiger partial charge in [-0.25, -0.2) is 17.8 Å². The van der Waals surface area contributed by atoms with Crippen LogP contribution in [0.5, 0.6) is 5.75 Å². The van der Waals surface area contributed by atoms with Crippen LogP contribution in [-0.2, 0) is 10.0 Å². The van der Waals surface area contributed by atoms with Crippen LogP contribution < -0.4 is 15.2 Å². The average Bonchev–Trinajstić information content (AvgIpc) is 2.83. The van der Waals surface area contributed by atoms with E-state index < -0.39 is 15.6 Å². The molecule has 0 bridgehead atoms. The Bertz CT molecular complexity index is 1250. The van der Waals surface area contributed by atoms with Crippen molar-refractivity contribution in [1.82, 2.24) is 9.62 Å². The molecule has 2 aliphatic rings. The summed E-state index contributed by atoms with van der Waals surface area (Å²) in [5.74, 6) is 0.280. The summed E-state index contributed by atoms with van der Waals surface area (Å²) in [6, 6.07) is 11.2. The fourth-order valence-corrected chi connectivity index (χ4v) is 6.44. The molecule has 4 rings (SSSR count). The first-order chi connectivity index (χ1) is 17.0. The van der Waals surface area contributed by atoms with Crippen LogP contribution in [0.1, 0.15) is 56.3 Å². The predicted molar refractivity (Wildman–Crippen MR) is 140 cm³/mol. The average molecular weight is 535 g/mol. The molecule has 1 fully saturated rings. The zero-order valence-corrected chi connectivity index (χ0v) is 21.9. The van der Waals surface area contributed by atoms with Crippen molar-refractivity contribution in [2.45, 2.75) is 55.7 Å². The zero-order chi connectivity index (χ0) is 26.1. The van der Waals surface area contributed by atoms with Crippen LogP contribution in [0.15, 0.2) is 52.4 Å². The highest BCUT2D eigenvalue weighted by Crippen LogP contribution is 2.47. The highest BCUT2D eigenvalue weighted by atomic mass is 32.2. The van der Waals surface area contributed by atoms with E-state index in [2.05, 4.69) is 14.6 Å². The molecule has 8 nitrogen and oxygen atoms in total. The molecule has 2 aromatic carbocycles. The summed E-state index contributed by atoms with van der Waals surface area (Å²) in [7, 11) is -3.96. The predicted octanol–water partition coefficient (Wildman–Crippen LogP) is 3.42. The third-order valence-corrected chi connectivity index (χ3v) is 8.69. The number of fused-ring (bicyclic) bond motifs is 1. The number of benzene rings is 2. The summed E-state index contributed by atoms with van der Waals surface area (Å²) in [6.07, 6.45) is 3.17. The van der Waals surface area contributed by atoms with Gasteiger partial charge in [0.2, 0.25) is 5.11 Å². The van der Waals surface area contributed by atoms with Gasteiger partial charge in [0.15, 0.2) is 0 Å². The molecule has 2 aliphatic heterocycles. The summed E-state index contributed by atoms with van der Waals surface area (Å²) in [5.41, 5.74) is 6.22. The van der Waals surface area contributed by atoms with Crippen molar-refractivity contribution in [1.29, 1.82) is 0 Å². The molecule has 0 radical (unpaired) electrons. The lowest BCUT2D eigenvalue weighted by Crippen LogP contribution is -2.45. The van der Waals surface area contributed by atoms with Gasteiger partial charge in [0.25, 0.3) is 10.0 Å². The number of sulfonamides is 1. The van der Waals surface area contributed by atoms with Crippen LogP contribution in [0.25, 0.3) is 0 Å². The topological polar surface area (TPSA) is 117 Å². The Balaban J connectivity index is 1.66. The third kappa shape index (κ3) is 5.69. The number of nitrogens with zero attached hydrogens (tertiary/aromatic N) is 2. The van der Waals surface area contributed by atoms with Crippen molar-refractivity contribution < 1.29 is 22.7 Å². The Labute approximate surface area is 216 Å². The summed E-state index contributed by atoms with van der Waals surface area (Å²) < 4.78 is 47.3. The Morgan fingerprint density at radius 2 is 1.97 bits per heavy atom. The maximum atomic E-state index is 13.7. The van der Waals surface area contributed by atoms with Gasteiger partial charge in [-0.1, -0.05) is 18.2 Å². The van der Waals surface area contributed by atoms with Gasteiger partial charge >= 0.3 is 0 Å². The van der Waals surface area contributed by atoms with Crippen LogP contribution in [0.4, 0.5) is 4.39 Å². The molecular formula is C25H31FN4O4S2. The molecule has 0 amide bonds. The van der Waals surface area contributed by atoms with Crippen LogP contribution >= 0.6 is 12.2 Å². The van der Waals surface area contributed by atoms with Gasteiger partial charge in [-0.05, 0) is 75.1 Å². The van der Waals surface area contributed by atoms with Gasteiger partial charge in [-0.2, -0.15) is 0 Å². The summed E-state index contributed by atoms with van der Waals surface area (Å²) in [6.45, 7) is 4.82. The van der Waals surface area contributed by atoms with E-state index in [1.54, 1.807) is 18.2 Å².